The molecule has 107 heavy (non-hydrogen) atoms. The first-order valence-electron chi connectivity index (χ1n) is 44.1. The van der Waals surface area contributed by atoms with E-state index in [0.717, 1.165) is 112 Å². The van der Waals surface area contributed by atoms with Gasteiger partial charge in [0.1, 0.15) is 11.5 Å². The van der Waals surface area contributed by atoms with Gasteiger partial charge >= 0.3 is 23.9 Å². The Morgan fingerprint density at radius 3 is 1.47 bits per heavy atom. The van der Waals surface area contributed by atoms with Crippen molar-refractivity contribution in [3.05, 3.63) is 23.8 Å². The second-order valence-electron chi connectivity index (χ2n) is 44.2. The molecule has 21 aliphatic rings. The van der Waals surface area contributed by atoms with Gasteiger partial charge in [-0.15, -0.1) is 0 Å². The van der Waals surface area contributed by atoms with Gasteiger partial charge in [0.2, 0.25) is 0 Å². The van der Waals surface area contributed by atoms with Gasteiger partial charge in [-0.05, 0) is 294 Å². The van der Waals surface area contributed by atoms with Gasteiger partial charge in [0.05, 0.1) is 135 Å². The standard InChI is InChI=1S/C87H128N4O14S2/c1-11-27-88(3,4)29-13-17-35-102-77(92)85(78(93)103-36-19-15-31-90(7,8)33-39-106(96,97)98)82-26-24-49-43-50-42-48-23-25-81-46-53-45-52-44-51-41-47-21-22-54(82)59-55(47)60-56(51)67-70-63-62(60)68(59)75-69-64(63)65-61(57(50)66(69)72(49)83(75,82)85)58(48)74(81)71(65)76(70)84(73(52)67)86(87(53,81)84,79(94)104-37-18-14-30-89(5,6)28-12-2)80(95)105-38-20-16-32-91(9,10)34-40-107(99,100)101/h23,25,44,47-51,53-76H,11-22,24,26-43,45-46H2,1-10H3/q+2/p+2. The fourth-order valence-corrected chi connectivity index (χ4v) is 40.8. The van der Waals surface area contributed by atoms with Gasteiger partial charge in [-0.25, -0.2) is 0 Å². The fraction of sp³-hybridized carbons (Fsp3) is 0.908. The first-order valence-corrected chi connectivity index (χ1v) is 47.3. The predicted octanol–water partition coefficient (Wildman–Crippen LogP) is 10.2. The van der Waals surface area contributed by atoms with Crippen LogP contribution in [-0.2, 0) is 58.4 Å². The Kier molecular flexibility index (Phi) is 15.3. The molecule has 0 aromatic heterocycles. The van der Waals surface area contributed by atoms with Crippen LogP contribution in [0.2, 0.25) is 0 Å². The molecule has 0 saturated heterocycles. The smallest absolute Gasteiger partial charge is 0.324 e. The van der Waals surface area contributed by atoms with E-state index in [4.69, 9.17) is 18.9 Å². The van der Waals surface area contributed by atoms with Gasteiger partial charge in [-0.1, -0.05) is 37.6 Å². The van der Waals surface area contributed by atoms with Crippen LogP contribution in [0, 0.1) is 210 Å². The van der Waals surface area contributed by atoms with Crippen LogP contribution >= 0.6 is 0 Å². The van der Waals surface area contributed by atoms with E-state index in [-0.39, 0.29) is 103 Å². The molecule has 21 aliphatic carbocycles. The third-order valence-corrected chi connectivity index (χ3v) is 41.0. The molecule has 0 amide bonds. The van der Waals surface area contributed by atoms with Crippen LogP contribution < -0.4 is 0 Å². The Labute approximate surface area is 638 Å². The molecule has 4 spiro atoms. The van der Waals surface area contributed by atoms with Gasteiger partial charge < -0.3 is 36.9 Å². The summed E-state index contributed by atoms with van der Waals surface area (Å²) in [6.07, 6.45) is 26.5. The van der Waals surface area contributed by atoms with Gasteiger partial charge in [-0.2, -0.15) is 16.8 Å². The molecular formula is C87H130N4O14S2+4. The van der Waals surface area contributed by atoms with Gasteiger partial charge in [0, 0.05) is 27.1 Å². The lowest BCUT2D eigenvalue weighted by Gasteiger charge is -2.72. The van der Waals surface area contributed by atoms with E-state index in [1.54, 1.807) is 5.57 Å². The van der Waals surface area contributed by atoms with Crippen LogP contribution in [0.4, 0.5) is 0 Å². The Morgan fingerprint density at radius 2 is 0.916 bits per heavy atom. The van der Waals surface area contributed by atoms with E-state index in [2.05, 4.69) is 60.3 Å². The molecule has 0 aromatic rings. The molecule has 36 atom stereocenters. The molecule has 0 aromatic carbocycles. The number of hydrogen-bond acceptors (Lipinski definition) is 12. The number of carbonyl (C=O) groups is 4. The van der Waals surface area contributed by atoms with E-state index in [1.165, 1.54) is 19.3 Å². The highest BCUT2D eigenvalue weighted by atomic mass is 32.2. The lowest BCUT2D eigenvalue weighted by Crippen LogP contribution is -2.69. The number of rotatable bonds is 34. The van der Waals surface area contributed by atoms with Gasteiger partial charge in [-0.3, -0.25) is 28.3 Å². The summed E-state index contributed by atoms with van der Waals surface area (Å²) in [6, 6.07) is 0. The minimum atomic E-state index is -4.13. The van der Waals surface area contributed by atoms with Crippen LogP contribution in [0.5, 0.6) is 0 Å². The fourth-order valence-electron chi connectivity index (χ4n) is 39.4. The van der Waals surface area contributed by atoms with E-state index >= 15 is 19.2 Å². The summed E-state index contributed by atoms with van der Waals surface area (Å²) in [6.45, 7) is 11.5. The Bertz CT molecular complexity index is 4120. The summed E-state index contributed by atoms with van der Waals surface area (Å²) in [5.41, 5.74) is -3.83. The van der Waals surface area contributed by atoms with Crippen molar-refractivity contribution in [2.75, 3.05) is 147 Å². The molecule has 20 heteroatoms. The summed E-state index contributed by atoms with van der Waals surface area (Å²) >= 11 is 0. The van der Waals surface area contributed by atoms with E-state index < -0.39 is 52.7 Å². The minimum absolute atomic E-state index is 0.128. The zero-order valence-corrected chi connectivity index (χ0v) is 67.8. The molecule has 0 heterocycles. The summed E-state index contributed by atoms with van der Waals surface area (Å²) in [5, 5.41) is 0. The molecule has 36 unspecified atom stereocenters. The number of allylic oxidation sites excluding steroid dienone is 4. The summed E-state index contributed by atoms with van der Waals surface area (Å²) in [5.74, 6) is 10.3. The monoisotopic (exact) mass is 1520 g/mol. The lowest BCUT2D eigenvalue weighted by molar-refractivity contribution is -0.890. The maximum Gasteiger partial charge on any atom is 0.324 e. The number of nitrogens with zero attached hydrogens (tertiary/aromatic N) is 4. The number of ether oxygens (including phenoxy) is 4. The molecule has 19 fully saturated rings. The van der Waals surface area contributed by atoms with E-state index in [9.17, 15) is 25.9 Å². The highest BCUT2D eigenvalue weighted by molar-refractivity contribution is 7.86. The second kappa shape index (κ2) is 22.8. The highest BCUT2D eigenvalue weighted by Crippen LogP contribution is 3.12. The third-order valence-electron chi connectivity index (χ3n) is 39.6. The number of quaternary nitrogens is 4. The van der Waals surface area contributed by atoms with Crippen molar-refractivity contribution in [3.63, 3.8) is 0 Å². The maximum absolute atomic E-state index is 17.3. The zero-order chi connectivity index (χ0) is 74.4. The van der Waals surface area contributed by atoms with Crippen molar-refractivity contribution in [1.29, 1.82) is 0 Å². The maximum atomic E-state index is 17.3. The Balaban J connectivity index is 0.714. The minimum Gasteiger partial charge on any atom is -0.465 e. The SMILES string of the molecule is CCC[N+](C)(C)CCCCOC(=O)C1(C(=O)OCCCC[N+](C)(C)CCS(=O)(=O)O)C23CCC4CC5CC6C=CC78CC9CC%10=CC%11CC%12CCC2C2C%12C%12C%11C%11C%13C%14C%12C2C2C%12C%14C%14C(C5C%12C4C213)C6C7C%14C%13C1(C%10%11)C(C(=O)OCCCC[N+](C)(C)CCC)(C(=O)OCCCC[N+](C)(C)CCS(=O)(=O)O)C981. The number of esters is 4. The zero-order valence-electron chi connectivity index (χ0n) is 66.2. The summed E-state index contributed by atoms with van der Waals surface area (Å²) in [7, 11) is 8.96. The summed E-state index contributed by atoms with van der Waals surface area (Å²) in [4.78, 5) is 69.2. The lowest BCUT2D eigenvalue weighted by atomic mass is 9.31. The van der Waals surface area contributed by atoms with Crippen LogP contribution in [0.3, 0.4) is 0 Å². The number of hydrogen-bond donors (Lipinski definition) is 2. The normalized spacial score (nSPS) is 51.5. The molecule has 19 saturated carbocycles. The average Bonchev–Trinajstić information content (AvgIpc) is 1.36. The molecular weight excluding hydrogens is 1390 g/mol. The van der Waals surface area contributed by atoms with Gasteiger partial charge in [0.15, 0.2) is 10.8 Å². The molecule has 590 valence electrons. The van der Waals surface area contributed by atoms with Crippen molar-refractivity contribution in [1.82, 2.24) is 0 Å². The van der Waals surface area contributed by atoms with E-state index in [0.29, 0.717) is 197 Å². The van der Waals surface area contributed by atoms with Gasteiger partial charge in [0.25, 0.3) is 20.2 Å². The highest BCUT2D eigenvalue weighted by Gasteiger charge is 3.14. The van der Waals surface area contributed by atoms with Crippen LogP contribution in [0.15, 0.2) is 23.8 Å². The first kappa shape index (κ1) is 71.8. The largest absolute Gasteiger partial charge is 0.465 e. The molecule has 0 aliphatic heterocycles. The quantitative estimate of drug-likeness (QED) is 0.0117. The van der Waals surface area contributed by atoms with Crippen LogP contribution in [-0.4, -0.2) is 214 Å². The number of carbonyl (C=O) groups excluding carboxylic acids is 4. The first-order chi connectivity index (χ1) is 50.8. The third kappa shape index (κ3) is 8.20. The molecule has 0 bridgehead atoms. The van der Waals surface area contributed by atoms with Crippen LogP contribution in [0.1, 0.15) is 136 Å². The van der Waals surface area contributed by atoms with E-state index in [1.807, 2.05) is 28.2 Å². The van der Waals surface area contributed by atoms with Crippen molar-refractivity contribution in [3.8, 4) is 0 Å². The number of unbranched alkanes of at least 4 members (excludes halogenated alkanes) is 4. The molecule has 0 radical (unpaired) electrons. The van der Waals surface area contributed by atoms with Crippen molar-refractivity contribution in [2.45, 2.75) is 136 Å². The van der Waals surface area contributed by atoms with Crippen molar-refractivity contribution >= 4 is 44.1 Å². The topological polar surface area (TPSA) is 214 Å². The Morgan fingerprint density at radius 1 is 0.449 bits per heavy atom. The van der Waals surface area contributed by atoms with Crippen molar-refractivity contribution < 1.29 is 82.0 Å². The molecule has 18 nitrogen and oxygen atoms in total. The second-order valence-corrected chi connectivity index (χ2v) is 47.3. The molecule has 21 rings (SSSR count). The summed E-state index contributed by atoms with van der Waals surface area (Å²) < 4.78 is 98.5. The predicted molar refractivity (Wildman–Crippen MR) is 399 cm³/mol. The Hall–Kier alpha value is -2.98. The van der Waals surface area contributed by atoms with Crippen LogP contribution in [0.25, 0.3) is 0 Å². The molecule has 2 N–H and O–H groups in total. The van der Waals surface area contributed by atoms with Crippen molar-refractivity contribution in [2.24, 2.45) is 210 Å². The average molecular weight is 1520 g/mol.